The summed E-state index contributed by atoms with van der Waals surface area (Å²) in [5, 5.41) is 8.70. The van der Waals surface area contributed by atoms with E-state index >= 15 is 0 Å². The lowest BCUT2D eigenvalue weighted by Gasteiger charge is -2.15. The number of carboxylic acid groups (broad SMARTS) is 1. The normalized spacial score (nSPS) is 20.2. The second-order valence-corrected chi connectivity index (χ2v) is 5.01. The molecule has 0 aliphatic carbocycles. The molecule has 0 radical (unpaired) electrons. The number of benzene rings is 1. The van der Waals surface area contributed by atoms with E-state index in [2.05, 4.69) is 4.90 Å². The highest BCUT2D eigenvalue weighted by atomic mass is 16.4. The van der Waals surface area contributed by atoms with Crippen LogP contribution in [0, 0.1) is 5.92 Å². The number of hydrogen-bond acceptors (Lipinski definition) is 3. The van der Waals surface area contributed by atoms with Crippen molar-refractivity contribution in [1.82, 2.24) is 4.90 Å². The van der Waals surface area contributed by atoms with Crippen LogP contribution in [0.25, 0.3) is 0 Å². The van der Waals surface area contributed by atoms with E-state index < -0.39 is 5.97 Å². The van der Waals surface area contributed by atoms with Crippen molar-refractivity contribution in [3.8, 4) is 0 Å². The predicted octanol–water partition coefficient (Wildman–Crippen LogP) is 1.09. The van der Waals surface area contributed by atoms with Gasteiger partial charge in [-0.3, -0.25) is 9.69 Å². The Bertz CT molecular complexity index is 403. The van der Waals surface area contributed by atoms with E-state index in [9.17, 15) is 4.79 Å². The third-order valence-corrected chi connectivity index (χ3v) is 3.49. The van der Waals surface area contributed by atoms with E-state index in [0.717, 1.165) is 31.7 Å². The maximum atomic E-state index is 10.6. The molecule has 0 amide bonds. The SMILES string of the molecule is NCC1CCN(Cc2ccc(CC(=O)O)cc2)C1. The van der Waals surface area contributed by atoms with Crippen molar-refractivity contribution < 1.29 is 9.90 Å². The number of carboxylic acids is 1. The van der Waals surface area contributed by atoms with Gasteiger partial charge in [0.25, 0.3) is 0 Å². The number of nitrogens with zero attached hydrogens (tertiary/aromatic N) is 1. The highest BCUT2D eigenvalue weighted by Gasteiger charge is 2.20. The molecule has 0 spiro atoms. The Morgan fingerprint density at radius 1 is 1.33 bits per heavy atom. The van der Waals surface area contributed by atoms with Gasteiger partial charge in [0.05, 0.1) is 6.42 Å². The smallest absolute Gasteiger partial charge is 0.307 e. The third-order valence-electron chi connectivity index (χ3n) is 3.49. The number of likely N-dealkylation sites (tertiary alicyclic amines) is 1. The van der Waals surface area contributed by atoms with E-state index in [4.69, 9.17) is 10.8 Å². The molecule has 1 aromatic carbocycles. The van der Waals surface area contributed by atoms with Crippen molar-refractivity contribution >= 4 is 5.97 Å². The van der Waals surface area contributed by atoms with Crippen molar-refractivity contribution in [2.24, 2.45) is 11.7 Å². The summed E-state index contributed by atoms with van der Waals surface area (Å²) in [6, 6.07) is 7.85. The van der Waals surface area contributed by atoms with Crippen LogP contribution < -0.4 is 5.73 Å². The molecule has 1 unspecified atom stereocenters. The van der Waals surface area contributed by atoms with Gasteiger partial charge in [-0.15, -0.1) is 0 Å². The molecule has 3 N–H and O–H groups in total. The Hall–Kier alpha value is -1.39. The summed E-state index contributed by atoms with van der Waals surface area (Å²) in [5.41, 5.74) is 7.77. The molecular weight excluding hydrogens is 228 g/mol. The number of carbonyl (C=O) groups is 1. The third kappa shape index (κ3) is 3.55. The van der Waals surface area contributed by atoms with Gasteiger partial charge in [-0.1, -0.05) is 24.3 Å². The van der Waals surface area contributed by atoms with Crippen molar-refractivity contribution in [3.63, 3.8) is 0 Å². The molecule has 1 aromatic rings. The van der Waals surface area contributed by atoms with Gasteiger partial charge in [0, 0.05) is 13.1 Å². The summed E-state index contributed by atoms with van der Waals surface area (Å²) in [4.78, 5) is 13.0. The topological polar surface area (TPSA) is 66.6 Å². The maximum Gasteiger partial charge on any atom is 0.307 e. The number of rotatable bonds is 5. The minimum atomic E-state index is -0.784. The highest BCUT2D eigenvalue weighted by Crippen LogP contribution is 2.17. The van der Waals surface area contributed by atoms with Crippen molar-refractivity contribution in [3.05, 3.63) is 35.4 Å². The monoisotopic (exact) mass is 248 g/mol. The Labute approximate surface area is 107 Å². The molecule has 0 saturated carbocycles. The van der Waals surface area contributed by atoms with Crippen molar-refractivity contribution in [2.75, 3.05) is 19.6 Å². The van der Waals surface area contributed by atoms with Crippen LogP contribution in [0.5, 0.6) is 0 Å². The van der Waals surface area contributed by atoms with Gasteiger partial charge in [-0.05, 0) is 36.6 Å². The van der Waals surface area contributed by atoms with E-state index in [1.807, 2.05) is 24.3 Å². The van der Waals surface area contributed by atoms with E-state index in [0.29, 0.717) is 5.92 Å². The quantitative estimate of drug-likeness (QED) is 0.818. The fourth-order valence-electron chi connectivity index (χ4n) is 2.44. The average molecular weight is 248 g/mol. The van der Waals surface area contributed by atoms with Crippen LogP contribution in [0.1, 0.15) is 17.5 Å². The van der Waals surface area contributed by atoms with E-state index in [1.54, 1.807) is 0 Å². The lowest BCUT2D eigenvalue weighted by Crippen LogP contribution is -2.22. The Balaban J connectivity index is 1.88. The first-order chi connectivity index (χ1) is 8.67. The molecular formula is C14H20N2O2. The lowest BCUT2D eigenvalue weighted by molar-refractivity contribution is -0.136. The van der Waals surface area contributed by atoms with Crippen LogP contribution in [0.2, 0.25) is 0 Å². The standard InChI is InChI=1S/C14H20N2O2/c15-8-13-5-6-16(10-13)9-12-3-1-11(2-4-12)7-14(17)18/h1-4,13H,5-10,15H2,(H,17,18). The zero-order valence-electron chi connectivity index (χ0n) is 10.5. The minimum Gasteiger partial charge on any atom is -0.481 e. The fourth-order valence-corrected chi connectivity index (χ4v) is 2.44. The average Bonchev–Trinajstić information content (AvgIpc) is 2.79. The van der Waals surface area contributed by atoms with Crippen LogP contribution in [-0.2, 0) is 17.8 Å². The molecule has 1 aliphatic rings. The molecule has 18 heavy (non-hydrogen) atoms. The van der Waals surface area contributed by atoms with Crippen LogP contribution >= 0.6 is 0 Å². The summed E-state index contributed by atoms with van der Waals surface area (Å²) in [6.07, 6.45) is 1.28. The summed E-state index contributed by atoms with van der Waals surface area (Å²) in [5.74, 6) is -0.149. The molecule has 1 atom stereocenters. The number of aliphatic carboxylic acids is 1. The second-order valence-electron chi connectivity index (χ2n) is 5.01. The fraction of sp³-hybridized carbons (Fsp3) is 0.500. The molecule has 98 valence electrons. The van der Waals surface area contributed by atoms with E-state index in [-0.39, 0.29) is 6.42 Å². The van der Waals surface area contributed by atoms with Gasteiger partial charge in [0.15, 0.2) is 0 Å². The van der Waals surface area contributed by atoms with Crippen molar-refractivity contribution in [1.29, 1.82) is 0 Å². The van der Waals surface area contributed by atoms with Gasteiger partial charge >= 0.3 is 5.97 Å². The molecule has 1 fully saturated rings. The summed E-state index contributed by atoms with van der Waals surface area (Å²) in [7, 11) is 0. The molecule has 0 aromatic heterocycles. The van der Waals surface area contributed by atoms with Gasteiger partial charge in [-0.25, -0.2) is 0 Å². The molecule has 4 nitrogen and oxygen atoms in total. The van der Waals surface area contributed by atoms with E-state index in [1.165, 1.54) is 12.0 Å². The zero-order valence-corrected chi connectivity index (χ0v) is 10.5. The maximum absolute atomic E-state index is 10.6. The molecule has 1 heterocycles. The van der Waals surface area contributed by atoms with Crippen LogP contribution in [0.3, 0.4) is 0 Å². The first-order valence-electron chi connectivity index (χ1n) is 6.39. The zero-order chi connectivity index (χ0) is 13.0. The summed E-state index contributed by atoms with van der Waals surface area (Å²) >= 11 is 0. The largest absolute Gasteiger partial charge is 0.481 e. The predicted molar refractivity (Wildman–Crippen MR) is 70.2 cm³/mol. The molecule has 0 bridgehead atoms. The summed E-state index contributed by atoms with van der Waals surface area (Å²) in [6.45, 7) is 3.89. The summed E-state index contributed by atoms with van der Waals surface area (Å²) < 4.78 is 0. The molecule has 4 heteroatoms. The van der Waals surface area contributed by atoms with Gasteiger partial charge in [-0.2, -0.15) is 0 Å². The number of hydrogen-bond donors (Lipinski definition) is 2. The molecule has 2 rings (SSSR count). The van der Waals surface area contributed by atoms with Gasteiger partial charge in [0.2, 0.25) is 0 Å². The van der Waals surface area contributed by atoms with Crippen LogP contribution in [0.4, 0.5) is 0 Å². The molecule has 1 aliphatic heterocycles. The lowest BCUT2D eigenvalue weighted by atomic mass is 10.1. The van der Waals surface area contributed by atoms with Crippen LogP contribution in [-0.4, -0.2) is 35.6 Å². The van der Waals surface area contributed by atoms with Crippen LogP contribution in [0.15, 0.2) is 24.3 Å². The Kier molecular flexibility index (Phi) is 4.33. The Morgan fingerprint density at radius 2 is 2.00 bits per heavy atom. The first-order valence-corrected chi connectivity index (χ1v) is 6.39. The van der Waals surface area contributed by atoms with Crippen molar-refractivity contribution in [2.45, 2.75) is 19.4 Å². The Morgan fingerprint density at radius 3 is 2.56 bits per heavy atom. The first kappa shape index (κ1) is 13.1. The van der Waals surface area contributed by atoms with Gasteiger partial charge < -0.3 is 10.8 Å². The minimum absolute atomic E-state index is 0.0965. The highest BCUT2D eigenvalue weighted by molar-refractivity contribution is 5.70. The number of nitrogens with two attached hydrogens (primary N) is 1. The molecule has 1 saturated heterocycles. The van der Waals surface area contributed by atoms with Gasteiger partial charge in [0.1, 0.15) is 0 Å². The second kappa shape index (κ2) is 5.98.